The topological polar surface area (TPSA) is 70.0 Å². The van der Waals surface area contributed by atoms with Crippen molar-refractivity contribution < 1.29 is 8.42 Å². The Balaban J connectivity index is 1.88. The summed E-state index contributed by atoms with van der Waals surface area (Å²) in [4.78, 5) is 1.03. The number of nitrogens with one attached hydrogen (secondary N) is 1. The third kappa shape index (κ3) is 3.55. The molecular weight excluding hydrogens is 396 g/mol. The van der Waals surface area contributed by atoms with Gasteiger partial charge in [0, 0.05) is 9.37 Å². The molecule has 0 amide bonds. The molecule has 0 spiro atoms. The summed E-state index contributed by atoms with van der Waals surface area (Å²) in [6, 6.07) is 10.4. The monoisotopic (exact) mass is 408 g/mol. The molecule has 2 aromatic carbocycles. The fraction of sp³-hybridized carbons (Fsp3) is 0.188. The van der Waals surface area contributed by atoms with E-state index in [0.29, 0.717) is 10.2 Å². The lowest BCUT2D eigenvalue weighted by Crippen LogP contribution is -2.13. The Bertz CT molecular complexity index is 905. The summed E-state index contributed by atoms with van der Waals surface area (Å²) in [5.74, 6) is 0. The largest absolute Gasteiger partial charge is 0.278 e. The number of thioether (sulfide) groups is 1. The molecule has 0 radical (unpaired) electrons. The number of fused-ring (bicyclic) bond motifs is 1. The van der Waals surface area contributed by atoms with Crippen molar-refractivity contribution >= 4 is 43.4 Å². The van der Waals surface area contributed by atoms with Crippen LogP contribution in [0.1, 0.15) is 17.5 Å². The predicted octanol–water partition coefficient (Wildman–Crippen LogP) is 4.31. The van der Waals surface area contributed by atoms with Gasteiger partial charge in [0.05, 0.1) is 10.6 Å². The molecule has 0 bridgehead atoms. The SMILES string of the molecule is N#CSc1ccc(NS(=O)(=O)c2ccc3c(c2)CCC3)c(Br)c1. The highest BCUT2D eigenvalue weighted by molar-refractivity contribution is 9.10. The molecule has 0 saturated heterocycles. The number of thiocyanates is 1. The number of halogens is 1. The van der Waals surface area contributed by atoms with E-state index < -0.39 is 10.0 Å². The van der Waals surface area contributed by atoms with Gasteiger partial charge in [-0.3, -0.25) is 4.72 Å². The van der Waals surface area contributed by atoms with Crippen molar-refractivity contribution in [2.45, 2.75) is 29.1 Å². The molecule has 0 atom stereocenters. The zero-order valence-corrected chi connectivity index (χ0v) is 15.3. The Kier molecular flexibility index (Phi) is 4.67. The lowest BCUT2D eigenvalue weighted by Gasteiger charge is -2.11. The van der Waals surface area contributed by atoms with E-state index >= 15 is 0 Å². The van der Waals surface area contributed by atoms with Crippen molar-refractivity contribution in [2.24, 2.45) is 0 Å². The first kappa shape index (κ1) is 16.4. The van der Waals surface area contributed by atoms with Crippen LogP contribution < -0.4 is 4.72 Å². The Hall–Kier alpha value is -1.49. The van der Waals surface area contributed by atoms with Gasteiger partial charge in [0.15, 0.2) is 0 Å². The molecule has 1 aliphatic rings. The van der Waals surface area contributed by atoms with Crippen molar-refractivity contribution in [3.05, 3.63) is 52.0 Å². The van der Waals surface area contributed by atoms with Crippen LogP contribution in [0.15, 0.2) is 50.7 Å². The fourth-order valence-electron chi connectivity index (χ4n) is 2.61. The van der Waals surface area contributed by atoms with E-state index in [4.69, 9.17) is 5.26 Å². The first-order valence-electron chi connectivity index (χ1n) is 7.00. The van der Waals surface area contributed by atoms with Crippen LogP contribution >= 0.6 is 27.7 Å². The van der Waals surface area contributed by atoms with E-state index in [0.717, 1.165) is 41.5 Å². The molecule has 0 fully saturated rings. The molecule has 0 aromatic heterocycles. The highest BCUT2D eigenvalue weighted by atomic mass is 79.9. The van der Waals surface area contributed by atoms with Gasteiger partial charge in [-0.2, -0.15) is 5.26 Å². The van der Waals surface area contributed by atoms with Crippen LogP contribution in [0.5, 0.6) is 0 Å². The number of aryl methyl sites for hydroxylation is 2. The molecule has 118 valence electrons. The maximum Gasteiger partial charge on any atom is 0.261 e. The summed E-state index contributed by atoms with van der Waals surface area (Å²) < 4.78 is 28.3. The number of rotatable bonds is 4. The minimum Gasteiger partial charge on any atom is -0.278 e. The lowest BCUT2D eigenvalue weighted by atomic mass is 10.1. The van der Waals surface area contributed by atoms with Gasteiger partial charge in [-0.25, -0.2) is 8.42 Å². The number of benzene rings is 2. The Morgan fingerprint density at radius 1 is 1.13 bits per heavy atom. The summed E-state index contributed by atoms with van der Waals surface area (Å²) in [5.41, 5.74) is 2.81. The average Bonchev–Trinajstić information content (AvgIpc) is 2.98. The van der Waals surface area contributed by atoms with E-state index in [1.54, 1.807) is 30.3 Å². The zero-order chi connectivity index (χ0) is 16.4. The minimum absolute atomic E-state index is 0.278. The maximum atomic E-state index is 12.6. The van der Waals surface area contributed by atoms with Crippen molar-refractivity contribution in [3.8, 4) is 5.40 Å². The second kappa shape index (κ2) is 6.56. The van der Waals surface area contributed by atoms with Crippen LogP contribution in [0, 0.1) is 10.7 Å². The Morgan fingerprint density at radius 3 is 2.65 bits per heavy atom. The standard InChI is InChI=1S/C16H13BrN2O2S2/c17-15-9-13(22-10-18)5-7-16(15)19-23(20,21)14-6-4-11-2-1-3-12(11)8-14/h4-9,19H,1-3H2. The van der Waals surface area contributed by atoms with E-state index in [2.05, 4.69) is 20.7 Å². The van der Waals surface area contributed by atoms with Crippen molar-refractivity contribution in [3.63, 3.8) is 0 Å². The predicted molar refractivity (Wildman–Crippen MR) is 94.9 cm³/mol. The highest BCUT2D eigenvalue weighted by Gasteiger charge is 2.19. The fourth-order valence-corrected chi connectivity index (χ4v) is 4.92. The molecule has 0 heterocycles. The molecule has 0 aliphatic heterocycles. The van der Waals surface area contributed by atoms with Gasteiger partial charge in [0.25, 0.3) is 10.0 Å². The first-order valence-corrected chi connectivity index (χ1v) is 10.1. The van der Waals surface area contributed by atoms with E-state index in [1.165, 1.54) is 5.56 Å². The van der Waals surface area contributed by atoms with Crippen LogP contribution in [-0.4, -0.2) is 8.42 Å². The Labute approximate surface area is 148 Å². The summed E-state index contributed by atoms with van der Waals surface area (Å²) in [6.07, 6.45) is 3.03. The quantitative estimate of drug-likeness (QED) is 0.604. The number of hydrogen-bond donors (Lipinski definition) is 1. The van der Waals surface area contributed by atoms with Crippen LogP contribution in [-0.2, 0) is 22.9 Å². The lowest BCUT2D eigenvalue weighted by molar-refractivity contribution is 0.601. The molecule has 2 aromatic rings. The van der Waals surface area contributed by atoms with E-state index in [-0.39, 0.29) is 4.90 Å². The maximum absolute atomic E-state index is 12.6. The molecule has 1 N–H and O–H groups in total. The molecule has 7 heteroatoms. The number of nitrogens with zero attached hydrogens (tertiary/aromatic N) is 1. The first-order chi connectivity index (χ1) is 11.0. The van der Waals surface area contributed by atoms with Gasteiger partial charge in [-0.15, -0.1) is 0 Å². The third-order valence-electron chi connectivity index (χ3n) is 3.73. The smallest absolute Gasteiger partial charge is 0.261 e. The van der Waals surface area contributed by atoms with Gasteiger partial charge in [-0.1, -0.05) is 6.07 Å². The number of nitriles is 1. The summed E-state index contributed by atoms with van der Waals surface area (Å²) in [5, 5.41) is 10.7. The molecule has 1 aliphatic carbocycles. The van der Waals surface area contributed by atoms with Gasteiger partial charge in [0.2, 0.25) is 0 Å². The average molecular weight is 409 g/mol. The highest BCUT2D eigenvalue weighted by Crippen LogP contribution is 2.31. The molecular formula is C16H13BrN2O2S2. The second-order valence-electron chi connectivity index (χ2n) is 5.22. The van der Waals surface area contributed by atoms with Gasteiger partial charge < -0.3 is 0 Å². The molecule has 0 unspecified atom stereocenters. The molecule has 0 saturated carbocycles. The number of hydrogen-bond acceptors (Lipinski definition) is 4. The van der Waals surface area contributed by atoms with E-state index in [1.807, 2.05) is 11.5 Å². The van der Waals surface area contributed by atoms with Crippen LogP contribution in [0.4, 0.5) is 5.69 Å². The molecule has 23 heavy (non-hydrogen) atoms. The third-order valence-corrected chi connectivity index (χ3v) is 6.33. The Morgan fingerprint density at radius 2 is 1.91 bits per heavy atom. The number of sulfonamides is 1. The van der Waals surface area contributed by atoms with Gasteiger partial charge in [-0.05, 0) is 88.4 Å². The van der Waals surface area contributed by atoms with Crippen LogP contribution in [0.25, 0.3) is 0 Å². The van der Waals surface area contributed by atoms with Crippen LogP contribution in [0.2, 0.25) is 0 Å². The van der Waals surface area contributed by atoms with Crippen molar-refractivity contribution in [2.75, 3.05) is 4.72 Å². The molecule has 4 nitrogen and oxygen atoms in total. The zero-order valence-electron chi connectivity index (χ0n) is 12.0. The van der Waals surface area contributed by atoms with Crippen molar-refractivity contribution in [1.29, 1.82) is 5.26 Å². The van der Waals surface area contributed by atoms with Gasteiger partial charge in [0.1, 0.15) is 5.40 Å². The summed E-state index contributed by atoms with van der Waals surface area (Å²) >= 11 is 4.37. The summed E-state index contributed by atoms with van der Waals surface area (Å²) in [7, 11) is -3.63. The second-order valence-corrected chi connectivity index (χ2v) is 8.62. The molecule has 3 rings (SSSR count). The van der Waals surface area contributed by atoms with E-state index in [9.17, 15) is 8.42 Å². The summed E-state index contributed by atoms with van der Waals surface area (Å²) in [6.45, 7) is 0. The number of anilines is 1. The van der Waals surface area contributed by atoms with Gasteiger partial charge >= 0.3 is 0 Å². The normalized spacial score (nSPS) is 13.4. The van der Waals surface area contributed by atoms with Crippen LogP contribution in [0.3, 0.4) is 0 Å². The van der Waals surface area contributed by atoms with Crippen molar-refractivity contribution in [1.82, 2.24) is 0 Å². The minimum atomic E-state index is -3.63.